The number of aliphatic hydroxyl groups excluding tert-OH is 16. The van der Waals surface area contributed by atoms with E-state index >= 15 is 0 Å². The van der Waals surface area contributed by atoms with Crippen molar-refractivity contribution < 1.29 is 148 Å². The van der Waals surface area contributed by atoms with Gasteiger partial charge in [0.25, 0.3) is 0 Å². The van der Waals surface area contributed by atoms with Crippen LogP contribution >= 0.6 is 0 Å². The molecule has 107 heavy (non-hydrogen) atoms. The summed E-state index contributed by atoms with van der Waals surface area (Å²) in [5, 5.41) is 186. The third-order valence-corrected chi connectivity index (χ3v) is 20.8. The van der Waals surface area contributed by atoms with Crippen molar-refractivity contribution >= 4 is 23.5 Å². The first kappa shape index (κ1) is 94.4. The maximum atomic E-state index is 14.3. The predicted molar refractivity (Wildman–Crippen MR) is 381 cm³/mol. The van der Waals surface area contributed by atoms with E-state index in [4.69, 9.17) is 47.4 Å². The molecule has 3 amide bonds. The molecule has 0 aromatic carbocycles. The topological polar surface area (TPSA) is 520 Å². The van der Waals surface area contributed by atoms with Gasteiger partial charge in [-0.25, -0.2) is 0 Å². The molecule has 0 radical (unpaired) electrons. The number of rotatable bonds is 52. The molecule has 19 N–H and O–H groups in total. The van der Waals surface area contributed by atoms with E-state index < -0.39 is 235 Å². The first-order valence-corrected chi connectivity index (χ1v) is 39.4. The van der Waals surface area contributed by atoms with Crippen LogP contribution in [0.4, 0.5) is 0 Å². The maximum Gasteiger partial charge on any atom is 0.232 e. The number of amides is 3. The van der Waals surface area contributed by atoms with Crippen molar-refractivity contribution in [3.8, 4) is 0 Å². The van der Waals surface area contributed by atoms with Crippen LogP contribution in [-0.2, 0) is 66.5 Å². The monoisotopic (exact) mass is 1540 g/mol. The summed E-state index contributed by atoms with van der Waals surface area (Å²) in [6.45, 7) is 1.51. The average Bonchev–Trinajstić information content (AvgIpc) is 0.750. The van der Waals surface area contributed by atoms with Crippen LogP contribution < -0.4 is 16.0 Å². The van der Waals surface area contributed by atoms with E-state index in [-0.39, 0.29) is 12.3 Å². The molecule has 5 saturated heterocycles. The Hall–Kier alpha value is -3.22. The second-order valence-electron chi connectivity index (χ2n) is 29.5. The van der Waals surface area contributed by atoms with E-state index in [0.29, 0.717) is 12.8 Å². The van der Waals surface area contributed by atoms with Gasteiger partial charge in [0.2, 0.25) is 23.5 Å². The molecule has 33 nitrogen and oxygen atoms in total. The normalized spacial score (nSPS) is 34.6. The largest absolute Gasteiger partial charge is 0.394 e. The lowest BCUT2D eigenvalue weighted by atomic mass is 9.86. The molecular weight excluding hydrogens is 1410 g/mol. The Kier molecular flexibility index (Phi) is 44.2. The summed E-state index contributed by atoms with van der Waals surface area (Å²) in [7, 11) is 0. The van der Waals surface area contributed by atoms with Gasteiger partial charge in [-0.1, -0.05) is 180 Å². The number of Topliss-reactive ketones (excluding diaryl/α,β-unsaturated/α-hetero) is 1. The summed E-state index contributed by atoms with van der Waals surface area (Å²) in [4.78, 5) is 53.5. The number of allylic oxidation sites excluding steroid dienone is 1. The summed E-state index contributed by atoms with van der Waals surface area (Å²) in [6.07, 6.45) is -14.7. The van der Waals surface area contributed by atoms with Crippen LogP contribution in [0, 0.1) is 0 Å². The fourth-order valence-electron chi connectivity index (χ4n) is 14.4. The fourth-order valence-corrected chi connectivity index (χ4v) is 14.4. The third-order valence-electron chi connectivity index (χ3n) is 20.8. The number of ketones is 1. The van der Waals surface area contributed by atoms with Gasteiger partial charge in [-0.2, -0.15) is 0 Å². The van der Waals surface area contributed by atoms with Crippen LogP contribution in [0.2, 0.25) is 0 Å². The molecule has 0 aromatic rings. The minimum Gasteiger partial charge on any atom is -0.394 e. The zero-order valence-electron chi connectivity index (χ0n) is 63.4. The minimum atomic E-state index is -2.94. The van der Waals surface area contributed by atoms with Crippen molar-refractivity contribution in [2.75, 3.05) is 39.6 Å². The number of hydrogen-bond donors (Lipinski definition) is 19. The molecule has 5 heterocycles. The molecule has 0 aliphatic carbocycles. The summed E-state index contributed by atoms with van der Waals surface area (Å²) in [5.41, 5.74) is 0. The van der Waals surface area contributed by atoms with Gasteiger partial charge >= 0.3 is 0 Å². The molecule has 5 aliphatic rings. The van der Waals surface area contributed by atoms with Gasteiger partial charge in [-0.15, -0.1) is 0 Å². The minimum absolute atomic E-state index is 0.147. The van der Waals surface area contributed by atoms with Crippen LogP contribution in [0.25, 0.3) is 0 Å². The summed E-state index contributed by atoms with van der Waals surface area (Å²) in [5.74, 6) is -6.15. The van der Waals surface area contributed by atoms with Crippen molar-refractivity contribution in [1.29, 1.82) is 0 Å². The van der Waals surface area contributed by atoms with Crippen molar-refractivity contribution in [2.24, 2.45) is 0 Å². The zero-order valence-corrected chi connectivity index (χ0v) is 63.4. The quantitative estimate of drug-likeness (QED) is 0.0269. The van der Waals surface area contributed by atoms with E-state index in [1.54, 1.807) is 6.08 Å². The van der Waals surface area contributed by atoms with Gasteiger partial charge < -0.3 is 145 Å². The first-order valence-electron chi connectivity index (χ1n) is 39.4. The number of carbonyl (C=O) groups is 4. The highest BCUT2D eigenvalue weighted by molar-refractivity contribution is 5.84. The Bertz CT molecular complexity index is 2500. The highest BCUT2D eigenvalue weighted by Gasteiger charge is 2.61. The molecule has 0 bridgehead atoms. The molecular formula is C74H133N3O30. The fraction of sp³-hybridized carbons (Fsp3) is 0.919. The zero-order chi connectivity index (χ0) is 78.8. The van der Waals surface area contributed by atoms with Gasteiger partial charge in [-0.3, -0.25) is 19.2 Å². The number of nitrogens with one attached hydrogen (secondary N) is 3. The maximum absolute atomic E-state index is 14.3. The lowest BCUT2D eigenvalue weighted by Crippen LogP contribution is -2.72. The van der Waals surface area contributed by atoms with Crippen LogP contribution in [0.5, 0.6) is 0 Å². The van der Waals surface area contributed by atoms with Gasteiger partial charge in [0.15, 0.2) is 30.9 Å². The number of unbranched alkanes of at least 4 members (excludes halogenated alkanes) is 25. The summed E-state index contributed by atoms with van der Waals surface area (Å²) < 4.78 is 60.9. The summed E-state index contributed by atoms with van der Waals surface area (Å²) in [6, 6.07) is -4.63. The lowest BCUT2D eigenvalue weighted by Gasteiger charge is -2.53. The number of aliphatic hydroxyl groups is 16. The average molecular weight is 1540 g/mol. The highest BCUT2D eigenvalue weighted by atomic mass is 16.8. The van der Waals surface area contributed by atoms with E-state index in [0.717, 1.165) is 72.1 Å². The van der Waals surface area contributed by atoms with Crippen LogP contribution in [0.1, 0.15) is 221 Å². The van der Waals surface area contributed by atoms with Crippen LogP contribution in [-0.4, -0.2) is 316 Å². The van der Waals surface area contributed by atoms with Crippen LogP contribution in [0.15, 0.2) is 12.2 Å². The predicted octanol–water partition coefficient (Wildman–Crippen LogP) is -0.538. The molecule has 624 valence electrons. The van der Waals surface area contributed by atoms with E-state index in [1.165, 1.54) is 109 Å². The molecule has 0 spiro atoms. The SMILES string of the molecule is CCCCCCCCCCCCC/C=C/[C@H](O)[C@@H](CO[C@@H]1OC(CO)[C@@H](O[C@@H]2OC(CO)[C@H](O[C@@H]3OC(CO)[C@H](O)C(O[C@@H]4OC(CO)[C@H](O)C(O)[C@@H]4O)[C@@H]3NC(C)=O)C(O[C@]3(C(C)=O)C[C@@H](O)[C@@H](NC(C)=O)C([C@H](O)[C@H](O)CO)O3)[C@@H]2O)C(O)[C@@H]1O)NC(=O)CCCCCCCCCCCCCCCCC. The third kappa shape index (κ3) is 29.3. The molecule has 9 unspecified atom stereocenters. The Balaban J connectivity index is 1.40. The molecule has 5 rings (SSSR count). The molecule has 28 atom stereocenters. The lowest BCUT2D eigenvalue weighted by molar-refractivity contribution is -0.401. The van der Waals surface area contributed by atoms with Crippen LogP contribution in [0.3, 0.4) is 0 Å². The van der Waals surface area contributed by atoms with Crippen molar-refractivity contribution in [3.63, 3.8) is 0 Å². The molecule has 5 fully saturated rings. The van der Waals surface area contributed by atoms with E-state index in [9.17, 15) is 101 Å². The van der Waals surface area contributed by atoms with Crippen molar-refractivity contribution in [3.05, 3.63) is 12.2 Å². The highest BCUT2D eigenvalue weighted by Crippen LogP contribution is 2.41. The molecule has 0 aromatic heterocycles. The standard InChI is InChI=1S/C74H133N3O30/c1-6-8-10-12-14-16-18-20-21-23-25-27-29-31-33-35-54(89)77-46(47(86)34-32-30-28-26-24-22-19-17-15-13-11-9-7-2)42-98-71-63(96)61(94)65(52(40-81)101-71)103-73-64(97)69(107-74(43(3)83)36-48(87)55(75-44(4)84)68(106-74)57(90)49(88)37-78)66(53(41-82)102-73)104-70-56(76-45(5)85)67(59(92)51(39-80)99-70)105-72-62(95)60(93)58(91)50(38-79)100-72/h32,34,46-53,55-73,78-82,86-88,90-97H,6-31,33,35-42H2,1-5H3,(H,75,84)(H,76,85)(H,77,89)/b34-32+/t46-,47+,48-,49-,50?,51?,52?,53?,55-,56+,57-,58+,59+,60?,61?,62+,63+,64+,65-,66+,67?,68?,69?,70+,71-,72+,73+,74+/m1/s1. The van der Waals surface area contributed by atoms with Gasteiger partial charge in [0, 0.05) is 33.6 Å². The van der Waals surface area contributed by atoms with E-state index in [2.05, 4.69) is 29.8 Å². The number of carbonyl (C=O) groups excluding carboxylic acids is 4. The van der Waals surface area contributed by atoms with Crippen molar-refractivity contribution in [2.45, 2.75) is 392 Å². The molecule has 0 saturated carbocycles. The smallest absolute Gasteiger partial charge is 0.232 e. The Morgan fingerprint density at radius 1 is 0.477 bits per heavy atom. The Morgan fingerprint density at radius 2 is 0.916 bits per heavy atom. The summed E-state index contributed by atoms with van der Waals surface area (Å²) >= 11 is 0. The Morgan fingerprint density at radius 3 is 1.43 bits per heavy atom. The number of hydrogen-bond acceptors (Lipinski definition) is 30. The second kappa shape index (κ2) is 50.1. The second-order valence-corrected chi connectivity index (χ2v) is 29.5. The molecule has 5 aliphatic heterocycles. The van der Waals surface area contributed by atoms with Gasteiger partial charge in [0.05, 0.1) is 63.9 Å². The van der Waals surface area contributed by atoms with E-state index in [1.807, 2.05) is 6.08 Å². The van der Waals surface area contributed by atoms with Gasteiger partial charge in [0.1, 0.15) is 116 Å². The van der Waals surface area contributed by atoms with Gasteiger partial charge in [-0.05, 0) is 19.3 Å². The first-order chi connectivity index (χ1) is 51.3. The van der Waals surface area contributed by atoms with Crippen molar-refractivity contribution in [1.82, 2.24) is 16.0 Å². The Labute approximate surface area is 629 Å². The molecule has 33 heteroatoms. The number of ether oxygens (including phenoxy) is 10.